The first kappa shape index (κ1) is 21.4. The molecule has 0 bridgehead atoms. The van der Waals surface area contributed by atoms with Crippen molar-refractivity contribution < 1.29 is 45.3 Å². The third kappa shape index (κ3) is 4.82. The second-order valence-corrected chi connectivity index (χ2v) is 6.38. The zero-order valence-corrected chi connectivity index (χ0v) is 15.1. The first-order valence-electron chi connectivity index (χ1n) is 8.44. The highest BCUT2D eigenvalue weighted by Gasteiger charge is 2.38. The Bertz CT molecular complexity index is 845. The fraction of sp³-hybridized carbons (Fsp3) is 0.368. The van der Waals surface area contributed by atoms with Crippen LogP contribution in [-0.2, 0) is 20.3 Å². The van der Waals surface area contributed by atoms with Crippen molar-refractivity contribution >= 4 is 0 Å². The van der Waals surface area contributed by atoms with Gasteiger partial charge < -0.3 is 18.9 Å². The van der Waals surface area contributed by atoms with Gasteiger partial charge in [-0.25, -0.2) is 17.6 Å². The van der Waals surface area contributed by atoms with E-state index in [1.807, 2.05) is 0 Å². The number of alkyl halides is 2. The normalized spacial score (nSPS) is 20.0. The molecule has 0 radical (unpaired) electrons. The molecule has 1 aliphatic heterocycles. The molecular weight excluding hydrogens is 406 g/mol. The number of hydrogen-bond donors (Lipinski definition) is 0. The lowest BCUT2D eigenvalue weighted by Crippen LogP contribution is -2.30. The number of methoxy groups -OCH3 is 1. The van der Waals surface area contributed by atoms with Gasteiger partial charge in [-0.15, -0.1) is 0 Å². The van der Waals surface area contributed by atoms with Crippen molar-refractivity contribution in [3.05, 3.63) is 64.7 Å². The van der Waals surface area contributed by atoms with E-state index in [-0.39, 0.29) is 36.8 Å². The zero-order valence-electron chi connectivity index (χ0n) is 15.1. The quantitative estimate of drug-likeness (QED) is 0.501. The zero-order chi connectivity index (χ0) is 21.2. The van der Waals surface area contributed by atoms with Crippen LogP contribution in [0.25, 0.3) is 0 Å². The third-order valence-electron chi connectivity index (χ3n) is 4.15. The summed E-state index contributed by atoms with van der Waals surface area (Å²) in [4.78, 5) is 0. The standard InChI is InChI=1S/C19H16F6O4/c1-26-7-10-8-27-18(28-9-10)11-2-3-13(14(20)4-11)19(24,25)29-12-5-15(21)17(23)16(22)6-12/h2-6,10,18H,7-9H2,1H3. The van der Waals surface area contributed by atoms with Gasteiger partial charge in [0.1, 0.15) is 11.6 Å². The lowest BCUT2D eigenvalue weighted by molar-refractivity contribution is -0.211. The molecule has 0 unspecified atom stereocenters. The summed E-state index contributed by atoms with van der Waals surface area (Å²) in [6.07, 6.45) is -5.22. The van der Waals surface area contributed by atoms with Gasteiger partial charge in [-0.2, -0.15) is 8.78 Å². The van der Waals surface area contributed by atoms with Gasteiger partial charge in [-0.1, -0.05) is 6.07 Å². The van der Waals surface area contributed by atoms with Gasteiger partial charge in [-0.3, -0.25) is 0 Å². The number of rotatable bonds is 6. The van der Waals surface area contributed by atoms with Crippen molar-refractivity contribution in [1.29, 1.82) is 0 Å². The van der Waals surface area contributed by atoms with Crippen molar-refractivity contribution in [2.45, 2.75) is 12.4 Å². The van der Waals surface area contributed by atoms with Crippen molar-refractivity contribution in [1.82, 2.24) is 0 Å². The highest BCUT2D eigenvalue weighted by Crippen LogP contribution is 2.36. The summed E-state index contributed by atoms with van der Waals surface area (Å²) in [5.74, 6) is -7.62. The molecule has 29 heavy (non-hydrogen) atoms. The van der Waals surface area contributed by atoms with E-state index in [4.69, 9.17) is 14.2 Å². The van der Waals surface area contributed by atoms with Crippen LogP contribution < -0.4 is 4.74 Å². The van der Waals surface area contributed by atoms with Crippen LogP contribution in [-0.4, -0.2) is 26.9 Å². The lowest BCUT2D eigenvalue weighted by Gasteiger charge is -2.29. The Morgan fingerprint density at radius 3 is 2.14 bits per heavy atom. The maximum Gasteiger partial charge on any atom is 0.429 e. The number of ether oxygens (including phenoxy) is 4. The second-order valence-electron chi connectivity index (χ2n) is 6.38. The SMILES string of the molecule is COCC1COC(c2ccc(C(F)(F)Oc3cc(F)c(F)c(F)c3)c(F)c2)OC1. The Hall–Kier alpha value is -2.30. The third-order valence-corrected chi connectivity index (χ3v) is 4.15. The lowest BCUT2D eigenvalue weighted by atomic mass is 10.1. The molecule has 0 amide bonds. The maximum absolute atomic E-state index is 14.3. The molecular formula is C19H16F6O4. The van der Waals surface area contributed by atoms with Crippen LogP contribution in [0.1, 0.15) is 17.4 Å². The molecule has 1 saturated heterocycles. The number of halogens is 6. The molecule has 1 heterocycles. The average Bonchev–Trinajstić information content (AvgIpc) is 2.66. The minimum atomic E-state index is -4.28. The van der Waals surface area contributed by atoms with Gasteiger partial charge in [0.15, 0.2) is 23.7 Å². The molecule has 4 nitrogen and oxygen atoms in total. The van der Waals surface area contributed by atoms with Gasteiger partial charge in [0.25, 0.3) is 0 Å². The Morgan fingerprint density at radius 2 is 1.59 bits per heavy atom. The Morgan fingerprint density at radius 1 is 0.966 bits per heavy atom. The van der Waals surface area contributed by atoms with Gasteiger partial charge in [0, 0.05) is 30.7 Å². The number of hydrogen-bond acceptors (Lipinski definition) is 4. The minimum Gasteiger partial charge on any atom is -0.429 e. The van der Waals surface area contributed by atoms with E-state index in [1.54, 1.807) is 0 Å². The summed E-state index contributed by atoms with van der Waals surface area (Å²) < 4.78 is 102. The predicted octanol–water partition coefficient (Wildman–Crippen LogP) is 4.68. The summed E-state index contributed by atoms with van der Waals surface area (Å²) in [7, 11) is 1.52. The average molecular weight is 422 g/mol. The predicted molar refractivity (Wildman–Crippen MR) is 87.2 cm³/mol. The molecule has 2 aromatic carbocycles. The van der Waals surface area contributed by atoms with Crippen LogP contribution in [0, 0.1) is 29.2 Å². The van der Waals surface area contributed by atoms with Crippen molar-refractivity contribution in [3.63, 3.8) is 0 Å². The summed E-state index contributed by atoms with van der Waals surface area (Å²) in [5.41, 5.74) is -1.02. The van der Waals surface area contributed by atoms with Crippen LogP contribution in [0.4, 0.5) is 26.3 Å². The second kappa shape index (κ2) is 8.60. The number of benzene rings is 2. The van der Waals surface area contributed by atoms with Crippen LogP contribution >= 0.6 is 0 Å². The van der Waals surface area contributed by atoms with E-state index in [1.165, 1.54) is 7.11 Å². The Kier molecular flexibility index (Phi) is 6.35. The van der Waals surface area contributed by atoms with Crippen LogP contribution in [0.2, 0.25) is 0 Å². The van der Waals surface area contributed by atoms with E-state index in [0.29, 0.717) is 6.61 Å². The molecule has 158 valence electrons. The molecule has 0 atom stereocenters. The van der Waals surface area contributed by atoms with Crippen molar-refractivity contribution in [2.24, 2.45) is 5.92 Å². The van der Waals surface area contributed by atoms with Gasteiger partial charge >= 0.3 is 6.11 Å². The first-order chi connectivity index (χ1) is 13.7. The van der Waals surface area contributed by atoms with Gasteiger partial charge in [-0.05, 0) is 12.1 Å². The molecule has 0 N–H and O–H groups in total. The minimum absolute atomic E-state index is 0.00500. The molecule has 3 rings (SSSR count). The van der Waals surface area contributed by atoms with E-state index < -0.39 is 47.0 Å². The summed E-state index contributed by atoms with van der Waals surface area (Å²) >= 11 is 0. The summed E-state index contributed by atoms with van der Waals surface area (Å²) in [5, 5.41) is 0. The largest absolute Gasteiger partial charge is 0.429 e. The van der Waals surface area contributed by atoms with E-state index in [2.05, 4.69) is 4.74 Å². The van der Waals surface area contributed by atoms with Crippen LogP contribution in [0.5, 0.6) is 5.75 Å². The maximum atomic E-state index is 14.3. The molecule has 2 aromatic rings. The van der Waals surface area contributed by atoms with Crippen molar-refractivity contribution in [3.8, 4) is 5.75 Å². The molecule has 1 aliphatic rings. The molecule has 0 aliphatic carbocycles. The fourth-order valence-corrected chi connectivity index (χ4v) is 2.78. The van der Waals surface area contributed by atoms with Gasteiger partial charge in [0.05, 0.1) is 25.4 Å². The van der Waals surface area contributed by atoms with Gasteiger partial charge in [0.2, 0.25) is 0 Å². The van der Waals surface area contributed by atoms with Crippen molar-refractivity contribution in [2.75, 3.05) is 26.9 Å². The molecule has 0 spiro atoms. The summed E-state index contributed by atoms with van der Waals surface area (Å²) in [6, 6.07) is 3.16. The van der Waals surface area contributed by atoms with E-state index >= 15 is 0 Å². The van der Waals surface area contributed by atoms with E-state index in [9.17, 15) is 26.3 Å². The molecule has 10 heteroatoms. The molecule has 0 saturated carbocycles. The highest BCUT2D eigenvalue weighted by atomic mass is 19.3. The Balaban J connectivity index is 1.75. The smallest absolute Gasteiger partial charge is 0.429 e. The first-order valence-corrected chi connectivity index (χ1v) is 8.44. The Labute approximate surface area is 161 Å². The van der Waals surface area contributed by atoms with Crippen LogP contribution in [0.15, 0.2) is 30.3 Å². The van der Waals surface area contributed by atoms with E-state index in [0.717, 1.165) is 18.2 Å². The monoisotopic (exact) mass is 422 g/mol. The topological polar surface area (TPSA) is 36.9 Å². The molecule has 0 aromatic heterocycles. The highest BCUT2D eigenvalue weighted by molar-refractivity contribution is 5.30. The fourth-order valence-electron chi connectivity index (χ4n) is 2.78. The molecule has 1 fully saturated rings. The van der Waals surface area contributed by atoms with Crippen LogP contribution in [0.3, 0.4) is 0 Å². The summed E-state index contributed by atoms with van der Waals surface area (Å²) in [6.45, 7) is 0.972.